The van der Waals surface area contributed by atoms with E-state index in [0.29, 0.717) is 12.4 Å². The van der Waals surface area contributed by atoms with Crippen LogP contribution in [0.5, 0.6) is 0 Å². The number of hydrogen-bond acceptors (Lipinski definition) is 2. The van der Waals surface area contributed by atoms with Crippen LogP contribution in [0.25, 0.3) is 0 Å². The van der Waals surface area contributed by atoms with Gasteiger partial charge in [0.15, 0.2) is 0 Å². The Balaban J connectivity index is 1.84. The monoisotopic (exact) mass is 292 g/mol. The van der Waals surface area contributed by atoms with Crippen LogP contribution in [0.4, 0.5) is 0 Å². The van der Waals surface area contributed by atoms with E-state index in [1.54, 1.807) is 6.20 Å². The van der Waals surface area contributed by atoms with Crippen molar-refractivity contribution in [1.82, 2.24) is 9.55 Å². The second-order valence-corrected chi connectivity index (χ2v) is 5.40. The number of imidazole rings is 1. The van der Waals surface area contributed by atoms with Gasteiger partial charge in [-0.05, 0) is 23.1 Å². The first kappa shape index (κ1) is 14.5. The molecule has 22 heavy (non-hydrogen) atoms. The average Bonchev–Trinajstić information content (AvgIpc) is 3.03. The standard InChI is InChI=1S/C19H20N2O/c1-2-15-8-10-17(11-9-15)18(22)19-20-12-13-21(19)14-16-6-4-3-5-7-16/h3-13,18,22H,2,14H2,1H3. The normalized spacial score (nSPS) is 12.3. The maximum Gasteiger partial charge on any atom is 0.142 e. The summed E-state index contributed by atoms with van der Waals surface area (Å²) < 4.78 is 1.99. The second-order valence-electron chi connectivity index (χ2n) is 5.40. The number of rotatable bonds is 5. The third-order valence-electron chi connectivity index (χ3n) is 3.89. The van der Waals surface area contributed by atoms with Crippen LogP contribution in [-0.2, 0) is 13.0 Å². The number of aliphatic hydroxyl groups is 1. The SMILES string of the molecule is CCc1ccc(C(O)c2nccn2Cc2ccccc2)cc1. The van der Waals surface area contributed by atoms with E-state index in [9.17, 15) is 5.11 Å². The molecule has 0 fully saturated rings. The number of aliphatic hydroxyl groups excluding tert-OH is 1. The van der Waals surface area contributed by atoms with Crippen LogP contribution in [0.15, 0.2) is 67.0 Å². The Kier molecular flexibility index (Phi) is 4.35. The van der Waals surface area contributed by atoms with Gasteiger partial charge in [-0.15, -0.1) is 0 Å². The van der Waals surface area contributed by atoms with E-state index in [-0.39, 0.29) is 0 Å². The van der Waals surface area contributed by atoms with Gasteiger partial charge in [-0.1, -0.05) is 61.5 Å². The molecule has 3 heteroatoms. The van der Waals surface area contributed by atoms with Gasteiger partial charge in [0.2, 0.25) is 0 Å². The van der Waals surface area contributed by atoms with Crippen LogP contribution in [0.3, 0.4) is 0 Å². The Morgan fingerprint density at radius 3 is 2.41 bits per heavy atom. The van der Waals surface area contributed by atoms with E-state index in [0.717, 1.165) is 12.0 Å². The van der Waals surface area contributed by atoms with Crippen molar-refractivity contribution in [3.8, 4) is 0 Å². The second kappa shape index (κ2) is 6.58. The Bertz CT molecular complexity index is 717. The summed E-state index contributed by atoms with van der Waals surface area (Å²) >= 11 is 0. The number of hydrogen-bond donors (Lipinski definition) is 1. The highest BCUT2D eigenvalue weighted by Gasteiger charge is 2.16. The molecule has 1 N–H and O–H groups in total. The maximum atomic E-state index is 10.6. The van der Waals surface area contributed by atoms with Gasteiger partial charge < -0.3 is 9.67 Å². The average molecular weight is 292 g/mol. The fraction of sp³-hybridized carbons (Fsp3) is 0.211. The van der Waals surface area contributed by atoms with Gasteiger partial charge in [0.1, 0.15) is 11.9 Å². The molecular formula is C19H20N2O. The molecule has 1 atom stereocenters. The molecule has 0 radical (unpaired) electrons. The van der Waals surface area contributed by atoms with Crippen LogP contribution in [0, 0.1) is 0 Å². The van der Waals surface area contributed by atoms with Gasteiger partial charge >= 0.3 is 0 Å². The fourth-order valence-corrected chi connectivity index (χ4v) is 2.57. The van der Waals surface area contributed by atoms with Crippen LogP contribution in [0.1, 0.15) is 35.5 Å². The smallest absolute Gasteiger partial charge is 0.142 e. The third-order valence-corrected chi connectivity index (χ3v) is 3.89. The zero-order valence-corrected chi connectivity index (χ0v) is 12.7. The summed E-state index contributed by atoms with van der Waals surface area (Å²) in [5.41, 5.74) is 3.33. The van der Waals surface area contributed by atoms with E-state index in [2.05, 4.69) is 36.2 Å². The molecular weight excluding hydrogens is 272 g/mol. The Hall–Kier alpha value is -2.39. The molecule has 112 valence electrons. The van der Waals surface area contributed by atoms with Gasteiger partial charge in [0, 0.05) is 18.9 Å². The molecule has 3 rings (SSSR count). The number of nitrogens with zero attached hydrogens (tertiary/aromatic N) is 2. The minimum atomic E-state index is -0.704. The lowest BCUT2D eigenvalue weighted by Crippen LogP contribution is -2.10. The van der Waals surface area contributed by atoms with Crippen molar-refractivity contribution >= 4 is 0 Å². The first-order valence-electron chi connectivity index (χ1n) is 7.59. The summed E-state index contributed by atoms with van der Waals surface area (Å²) in [6.45, 7) is 2.83. The Morgan fingerprint density at radius 2 is 1.73 bits per heavy atom. The van der Waals surface area contributed by atoms with Crippen molar-refractivity contribution in [2.45, 2.75) is 26.0 Å². The van der Waals surface area contributed by atoms with Gasteiger partial charge in [-0.25, -0.2) is 4.98 Å². The molecule has 0 bridgehead atoms. The number of aryl methyl sites for hydroxylation is 1. The molecule has 0 aliphatic carbocycles. The molecule has 0 aliphatic rings. The van der Waals surface area contributed by atoms with Gasteiger partial charge in [0.05, 0.1) is 0 Å². The molecule has 0 aliphatic heterocycles. The molecule has 3 nitrogen and oxygen atoms in total. The van der Waals surface area contributed by atoms with Crippen molar-refractivity contribution in [3.63, 3.8) is 0 Å². The van der Waals surface area contributed by atoms with Crippen molar-refractivity contribution in [2.75, 3.05) is 0 Å². The molecule has 0 saturated heterocycles. The van der Waals surface area contributed by atoms with Gasteiger partial charge in [-0.2, -0.15) is 0 Å². The summed E-state index contributed by atoms with van der Waals surface area (Å²) in [6.07, 6.45) is 3.94. The highest BCUT2D eigenvalue weighted by atomic mass is 16.3. The van der Waals surface area contributed by atoms with Crippen LogP contribution < -0.4 is 0 Å². The van der Waals surface area contributed by atoms with Crippen LogP contribution in [0.2, 0.25) is 0 Å². The van der Waals surface area contributed by atoms with Crippen molar-refractivity contribution in [2.24, 2.45) is 0 Å². The van der Waals surface area contributed by atoms with Gasteiger partial charge in [0.25, 0.3) is 0 Å². The topological polar surface area (TPSA) is 38.1 Å². The fourth-order valence-electron chi connectivity index (χ4n) is 2.57. The highest BCUT2D eigenvalue weighted by Crippen LogP contribution is 2.22. The van der Waals surface area contributed by atoms with Crippen molar-refractivity contribution in [3.05, 3.63) is 89.5 Å². The summed E-state index contributed by atoms with van der Waals surface area (Å²) in [6, 6.07) is 18.3. The van der Waals surface area contributed by atoms with E-state index < -0.39 is 6.10 Å². The van der Waals surface area contributed by atoms with Crippen molar-refractivity contribution in [1.29, 1.82) is 0 Å². The molecule has 0 amide bonds. The van der Waals surface area contributed by atoms with Crippen LogP contribution >= 0.6 is 0 Å². The molecule has 1 heterocycles. The van der Waals surface area contributed by atoms with Crippen molar-refractivity contribution < 1.29 is 5.11 Å². The first-order valence-corrected chi connectivity index (χ1v) is 7.59. The largest absolute Gasteiger partial charge is 0.380 e. The van der Waals surface area contributed by atoms with Crippen LogP contribution in [-0.4, -0.2) is 14.7 Å². The lowest BCUT2D eigenvalue weighted by molar-refractivity contribution is 0.205. The Morgan fingerprint density at radius 1 is 1.00 bits per heavy atom. The molecule has 3 aromatic rings. The predicted octanol–water partition coefficient (Wildman–Crippen LogP) is 3.58. The van der Waals surface area contributed by atoms with E-state index in [4.69, 9.17) is 0 Å². The number of benzene rings is 2. The van der Waals surface area contributed by atoms with E-state index in [1.807, 2.05) is 41.1 Å². The summed E-state index contributed by atoms with van der Waals surface area (Å²) in [7, 11) is 0. The van der Waals surface area contributed by atoms with E-state index >= 15 is 0 Å². The maximum absolute atomic E-state index is 10.6. The summed E-state index contributed by atoms with van der Waals surface area (Å²) in [5.74, 6) is 0.674. The summed E-state index contributed by atoms with van der Waals surface area (Å²) in [5, 5.41) is 10.6. The lowest BCUT2D eigenvalue weighted by atomic mass is 10.1. The van der Waals surface area contributed by atoms with Gasteiger partial charge in [-0.3, -0.25) is 0 Å². The molecule has 1 aromatic heterocycles. The third kappa shape index (κ3) is 3.10. The predicted molar refractivity (Wildman–Crippen MR) is 87.7 cm³/mol. The van der Waals surface area contributed by atoms with E-state index in [1.165, 1.54) is 11.1 Å². The highest BCUT2D eigenvalue weighted by molar-refractivity contribution is 5.28. The molecule has 0 saturated carbocycles. The molecule has 1 unspecified atom stereocenters. The summed E-state index contributed by atoms with van der Waals surface area (Å²) in [4.78, 5) is 4.34. The zero-order valence-electron chi connectivity index (χ0n) is 12.7. The minimum Gasteiger partial charge on any atom is -0.380 e. The minimum absolute atomic E-state index is 0.674. The molecule has 0 spiro atoms. The molecule has 2 aromatic carbocycles. The zero-order chi connectivity index (χ0) is 15.4. The quantitative estimate of drug-likeness (QED) is 0.780. The first-order chi connectivity index (χ1) is 10.8. The Labute approximate surface area is 130 Å². The number of aromatic nitrogens is 2. The lowest BCUT2D eigenvalue weighted by Gasteiger charge is -2.14.